The lowest BCUT2D eigenvalue weighted by Gasteiger charge is -2.46. The van der Waals surface area contributed by atoms with E-state index in [1.54, 1.807) is 0 Å². The molecule has 0 amide bonds. The van der Waals surface area contributed by atoms with Crippen molar-refractivity contribution in [1.29, 1.82) is 0 Å². The summed E-state index contributed by atoms with van der Waals surface area (Å²) in [7, 11) is 0. The van der Waals surface area contributed by atoms with Crippen LogP contribution < -0.4 is 0 Å². The van der Waals surface area contributed by atoms with Crippen molar-refractivity contribution in [3.8, 4) is 0 Å². The molecule has 3 saturated heterocycles. The lowest BCUT2D eigenvalue weighted by molar-refractivity contribution is -0.364. The predicted octanol–water partition coefficient (Wildman–Crippen LogP) is -6.27. The summed E-state index contributed by atoms with van der Waals surface area (Å²) in [6, 6.07) is 0. The van der Waals surface area contributed by atoms with E-state index < -0.39 is 110 Å². The third-order valence-electron chi connectivity index (χ3n) is 5.88. The van der Waals surface area contributed by atoms with E-state index in [0.717, 1.165) is 0 Å². The highest BCUT2D eigenvalue weighted by Crippen LogP contribution is 2.32. The van der Waals surface area contributed by atoms with Crippen molar-refractivity contribution in [2.75, 3.05) is 0 Å². The van der Waals surface area contributed by atoms with Crippen molar-refractivity contribution in [3.05, 3.63) is 0 Å². The summed E-state index contributed by atoms with van der Waals surface area (Å²) in [6.45, 7) is 0. The normalized spacial score (nSPS) is 47.8. The van der Waals surface area contributed by atoms with Crippen LogP contribution in [0.3, 0.4) is 0 Å². The van der Waals surface area contributed by atoms with Gasteiger partial charge in [0.25, 0.3) is 0 Å². The molecule has 3 fully saturated rings. The van der Waals surface area contributed by atoms with Crippen LogP contribution in [-0.4, -0.2) is 155 Å². The molecule has 0 aliphatic carbocycles. The average Bonchev–Trinajstić information content (AvgIpc) is 2.80. The predicted molar refractivity (Wildman–Crippen MR) is 102 cm³/mol. The fourth-order valence-corrected chi connectivity index (χ4v) is 3.92. The first-order valence-corrected chi connectivity index (χ1v) is 10.5. The molecule has 0 aromatic carbocycles. The highest BCUT2D eigenvalue weighted by Gasteiger charge is 2.55. The number of carboxylic acid groups (broad SMARTS) is 3. The second-order valence-electron chi connectivity index (χ2n) is 8.34. The third kappa shape index (κ3) is 5.59. The largest absolute Gasteiger partial charge is 0.479 e. The fraction of sp³-hybridized carbons (Fsp3) is 0.833. The molecule has 3 aliphatic rings. The molecule has 0 radical (unpaired) electrons. The molecule has 0 aromatic heterocycles. The van der Waals surface area contributed by atoms with Crippen LogP contribution in [0.5, 0.6) is 0 Å². The summed E-state index contributed by atoms with van der Waals surface area (Å²) in [5, 5.41) is 98.3. The van der Waals surface area contributed by atoms with E-state index in [2.05, 4.69) is 4.74 Å². The first kappa shape index (κ1) is 28.5. The van der Waals surface area contributed by atoms with Gasteiger partial charge in [-0.2, -0.15) is 0 Å². The Balaban J connectivity index is 1.80. The maximum Gasteiger partial charge on any atom is 0.335 e. The van der Waals surface area contributed by atoms with Crippen molar-refractivity contribution in [3.63, 3.8) is 0 Å². The van der Waals surface area contributed by atoms with E-state index in [-0.39, 0.29) is 0 Å². The molecule has 206 valence electrons. The van der Waals surface area contributed by atoms with Gasteiger partial charge in [0.15, 0.2) is 37.2 Å². The number of hydrogen-bond acceptors (Lipinski definition) is 15. The van der Waals surface area contributed by atoms with Gasteiger partial charge in [-0.15, -0.1) is 0 Å². The first-order chi connectivity index (χ1) is 16.7. The van der Waals surface area contributed by atoms with Crippen LogP contribution >= 0.6 is 0 Å². The van der Waals surface area contributed by atoms with E-state index in [4.69, 9.17) is 24.1 Å². The highest BCUT2D eigenvalue weighted by molar-refractivity contribution is 5.74. The standard InChI is InChI=1S/C18H26O18/c19-2-1-3(13(25)26)32-17(4(2)20)34-10-6(22)8(24)18(36-12(10)15(29)30)35-9-5(21)7(23)16(31)33-11(9)14(27)28/h2-12,16-24,31H,1H2,(H,25,26)(H,27,28)(H,29,30)/t2-,3-,4-,5+,6+,7-,8-,9-,10-,11+,12+,16+,17-,18+/m0/s1. The number of aliphatic hydroxyl groups excluding tert-OH is 7. The Bertz CT molecular complexity index is 822. The number of ether oxygens (including phenoxy) is 5. The summed E-state index contributed by atoms with van der Waals surface area (Å²) < 4.78 is 25.1. The maximum atomic E-state index is 11.8. The second kappa shape index (κ2) is 11.1. The van der Waals surface area contributed by atoms with E-state index in [0.29, 0.717) is 0 Å². The quantitative estimate of drug-likeness (QED) is 0.146. The van der Waals surface area contributed by atoms with E-state index in [1.807, 2.05) is 0 Å². The Labute approximate surface area is 200 Å². The Hall–Kier alpha value is -2.07. The molecule has 0 spiro atoms. The molecule has 36 heavy (non-hydrogen) atoms. The van der Waals surface area contributed by atoms with Crippen molar-refractivity contribution in [2.24, 2.45) is 0 Å². The molecule has 0 unspecified atom stereocenters. The first-order valence-electron chi connectivity index (χ1n) is 10.5. The Morgan fingerprint density at radius 2 is 1.06 bits per heavy atom. The van der Waals surface area contributed by atoms with Gasteiger partial charge in [0.2, 0.25) is 0 Å². The summed E-state index contributed by atoms with van der Waals surface area (Å²) in [5.41, 5.74) is 0. The summed E-state index contributed by atoms with van der Waals surface area (Å²) >= 11 is 0. The molecule has 18 heteroatoms. The lowest BCUT2D eigenvalue weighted by atomic mass is 9.96. The van der Waals surface area contributed by atoms with Crippen LogP contribution in [0.25, 0.3) is 0 Å². The Kier molecular flexibility index (Phi) is 8.81. The van der Waals surface area contributed by atoms with Gasteiger partial charge in [0, 0.05) is 6.42 Å². The highest BCUT2D eigenvalue weighted by atomic mass is 16.8. The van der Waals surface area contributed by atoms with Gasteiger partial charge in [-0.05, 0) is 0 Å². The summed E-state index contributed by atoms with van der Waals surface area (Å²) in [5.74, 6) is -5.14. The summed E-state index contributed by atoms with van der Waals surface area (Å²) in [4.78, 5) is 34.5. The van der Waals surface area contributed by atoms with Crippen molar-refractivity contribution in [1.82, 2.24) is 0 Å². The topological polar surface area (TPSA) is 300 Å². The van der Waals surface area contributed by atoms with Crippen molar-refractivity contribution >= 4 is 17.9 Å². The molecule has 0 aromatic rings. The molecule has 14 atom stereocenters. The zero-order valence-electron chi connectivity index (χ0n) is 18.0. The van der Waals surface area contributed by atoms with Crippen LogP contribution in [0, 0.1) is 0 Å². The van der Waals surface area contributed by atoms with Crippen molar-refractivity contribution in [2.45, 2.75) is 92.4 Å². The average molecular weight is 530 g/mol. The minimum atomic E-state index is -2.22. The van der Waals surface area contributed by atoms with Crippen LogP contribution in [0.15, 0.2) is 0 Å². The lowest BCUT2D eigenvalue weighted by Crippen LogP contribution is -2.66. The number of aliphatic hydroxyl groups is 7. The Morgan fingerprint density at radius 1 is 0.583 bits per heavy atom. The molecule has 3 rings (SSSR count). The molecule has 10 N–H and O–H groups in total. The van der Waals surface area contributed by atoms with Gasteiger partial charge in [-0.25, -0.2) is 14.4 Å². The van der Waals surface area contributed by atoms with Gasteiger partial charge in [-0.1, -0.05) is 0 Å². The number of hydrogen-bond donors (Lipinski definition) is 10. The van der Waals surface area contributed by atoms with Gasteiger partial charge in [-0.3, -0.25) is 0 Å². The SMILES string of the molecule is O=C(O)[C@@H]1C[C@H](O)[C@H](O)[C@H](O[C@H]2[C@H](O)[C@H](O)[C@H](O[C@H]3[C@H](O)[C@H](O)[C@H](O)O[C@H]3C(=O)O)O[C@H]2C(=O)O)O1. The third-order valence-corrected chi connectivity index (χ3v) is 5.88. The van der Waals surface area contributed by atoms with E-state index >= 15 is 0 Å². The fourth-order valence-electron chi connectivity index (χ4n) is 3.92. The molecular weight excluding hydrogens is 504 g/mol. The van der Waals surface area contributed by atoms with Gasteiger partial charge in [0.05, 0.1) is 6.10 Å². The second-order valence-corrected chi connectivity index (χ2v) is 8.34. The number of aliphatic carboxylic acids is 3. The molecular formula is C18H26O18. The number of carbonyl (C=O) groups is 3. The van der Waals surface area contributed by atoms with Gasteiger partial charge in [0.1, 0.15) is 42.7 Å². The van der Waals surface area contributed by atoms with E-state index in [1.165, 1.54) is 0 Å². The van der Waals surface area contributed by atoms with Crippen LogP contribution in [-0.2, 0) is 38.1 Å². The summed E-state index contributed by atoms with van der Waals surface area (Å²) in [6.07, 6.45) is -29.1. The monoisotopic (exact) mass is 530 g/mol. The Morgan fingerprint density at radius 3 is 1.56 bits per heavy atom. The van der Waals surface area contributed by atoms with Crippen molar-refractivity contribution < 1.29 is 89.1 Å². The molecule has 3 aliphatic heterocycles. The number of rotatable bonds is 7. The maximum absolute atomic E-state index is 11.8. The van der Waals surface area contributed by atoms with E-state index in [9.17, 15) is 60.3 Å². The van der Waals surface area contributed by atoms with Gasteiger partial charge >= 0.3 is 17.9 Å². The smallest absolute Gasteiger partial charge is 0.335 e. The molecule has 18 nitrogen and oxygen atoms in total. The van der Waals surface area contributed by atoms with Crippen LogP contribution in [0.1, 0.15) is 6.42 Å². The minimum Gasteiger partial charge on any atom is -0.479 e. The van der Waals surface area contributed by atoms with Crippen LogP contribution in [0.2, 0.25) is 0 Å². The molecule has 0 bridgehead atoms. The zero-order valence-corrected chi connectivity index (χ0v) is 18.0. The molecule has 3 heterocycles. The minimum absolute atomic E-state index is 0.530. The van der Waals surface area contributed by atoms with Gasteiger partial charge < -0.3 is 74.7 Å². The zero-order chi connectivity index (χ0) is 27.1. The number of carboxylic acids is 3. The molecule has 0 saturated carbocycles. The van der Waals surface area contributed by atoms with Crippen LogP contribution in [0.4, 0.5) is 0 Å².